The van der Waals surface area contributed by atoms with Gasteiger partial charge in [-0.15, -0.1) is 0 Å². The minimum atomic E-state index is -3.20. The third-order valence-corrected chi connectivity index (χ3v) is 5.88. The van der Waals surface area contributed by atoms with Gasteiger partial charge in [0, 0.05) is 19.0 Å². The van der Waals surface area contributed by atoms with Crippen LogP contribution < -0.4 is 10.0 Å². The molecule has 2 aromatic carbocycles. The Bertz CT molecular complexity index is 843. The van der Waals surface area contributed by atoms with Gasteiger partial charge in [-0.05, 0) is 35.6 Å². The van der Waals surface area contributed by atoms with Crippen LogP contribution in [0.4, 0.5) is 0 Å². The van der Waals surface area contributed by atoms with Gasteiger partial charge < -0.3 is 5.32 Å². The topological polar surface area (TPSA) is 75.3 Å². The first-order valence-electron chi connectivity index (χ1n) is 8.24. The average molecular weight is 346 g/mol. The van der Waals surface area contributed by atoms with Crippen molar-refractivity contribution in [3.63, 3.8) is 0 Å². The zero-order chi connectivity index (χ0) is 17.2. The highest BCUT2D eigenvalue weighted by Crippen LogP contribution is 2.49. The van der Waals surface area contributed by atoms with Crippen molar-refractivity contribution < 1.29 is 13.2 Å². The van der Waals surface area contributed by atoms with Crippen LogP contribution in [0.2, 0.25) is 0 Å². The Kier molecular flexibility index (Phi) is 4.87. The lowest BCUT2D eigenvalue weighted by molar-refractivity contribution is -0.122. The lowest BCUT2D eigenvalue weighted by Gasteiger charge is -2.08. The fraction of sp³-hybridized carbons (Fsp3) is 0.389. The highest BCUT2D eigenvalue weighted by Gasteiger charge is 2.44. The monoisotopic (exact) mass is 346 g/mol. The maximum Gasteiger partial charge on any atom is 0.223 e. The van der Waals surface area contributed by atoms with Crippen LogP contribution in [0, 0.1) is 5.92 Å². The number of hydrogen-bond donors (Lipinski definition) is 2. The molecular formula is C18H22N2O3S. The number of sulfonamides is 1. The molecule has 3 rings (SSSR count). The highest BCUT2D eigenvalue weighted by molar-refractivity contribution is 7.89. The van der Waals surface area contributed by atoms with Crippen LogP contribution in [-0.4, -0.2) is 33.2 Å². The second kappa shape index (κ2) is 6.91. The fourth-order valence-electron chi connectivity index (χ4n) is 3.03. The number of fused-ring (bicyclic) bond motifs is 1. The van der Waals surface area contributed by atoms with Gasteiger partial charge in [-0.2, -0.15) is 0 Å². The van der Waals surface area contributed by atoms with E-state index in [0.717, 1.165) is 6.42 Å². The second-order valence-electron chi connectivity index (χ2n) is 6.11. The molecule has 1 aliphatic rings. The molecule has 1 saturated carbocycles. The Labute approximate surface area is 142 Å². The molecular weight excluding hydrogens is 324 g/mol. The van der Waals surface area contributed by atoms with Gasteiger partial charge in [0.05, 0.1) is 5.75 Å². The molecule has 2 aromatic rings. The molecule has 0 saturated heterocycles. The molecule has 0 heterocycles. The number of carbonyl (C=O) groups is 1. The minimum absolute atomic E-state index is 0.00336. The van der Waals surface area contributed by atoms with Crippen molar-refractivity contribution in [1.29, 1.82) is 0 Å². The van der Waals surface area contributed by atoms with E-state index >= 15 is 0 Å². The van der Waals surface area contributed by atoms with Gasteiger partial charge in [-0.25, -0.2) is 13.1 Å². The lowest BCUT2D eigenvalue weighted by Crippen LogP contribution is -2.36. The molecule has 1 amide bonds. The number of benzene rings is 2. The van der Waals surface area contributed by atoms with Gasteiger partial charge in [0.25, 0.3) is 0 Å². The van der Waals surface area contributed by atoms with E-state index in [0.29, 0.717) is 6.54 Å². The van der Waals surface area contributed by atoms with Gasteiger partial charge in [0.15, 0.2) is 0 Å². The molecule has 2 atom stereocenters. The van der Waals surface area contributed by atoms with E-state index in [1.165, 1.54) is 16.3 Å². The predicted octanol–water partition coefficient (Wildman–Crippen LogP) is 2.00. The molecule has 1 fully saturated rings. The number of nitrogens with one attached hydrogen (secondary N) is 2. The van der Waals surface area contributed by atoms with E-state index in [4.69, 9.17) is 0 Å². The summed E-state index contributed by atoms with van der Waals surface area (Å²) in [7, 11) is -3.20. The summed E-state index contributed by atoms with van der Waals surface area (Å²) >= 11 is 0. The van der Waals surface area contributed by atoms with E-state index in [-0.39, 0.29) is 30.0 Å². The van der Waals surface area contributed by atoms with Crippen molar-refractivity contribution in [3.05, 3.63) is 48.0 Å². The molecule has 24 heavy (non-hydrogen) atoms. The summed E-state index contributed by atoms with van der Waals surface area (Å²) in [4.78, 5) is 12.2. The summed E-state index contributed by atoms with van der Waals surface area (Å²) in [5.74, 6) is 0.290. The Morgan fingerprint density at radius 3 is 2.67 bits per heavy atom. The Morgan fingerprint density at radius 2 is 1.88 bits per heavy atom. The van der Waals surface area contributed by atoms with Crippen molar-refractivity contribution in [1.82, 2.24) is 10.0 Å². The summed E-state index contributed by atoms with van der Waals surface area (Å²) in [5.41, 5.74) is 1.22. The Balaban J connectivity index is 1.56. The van der Waals surface area contributed by atoms with E-state index in [1.807, 2.05) is 18.2 Å². The summed E-state index contributed by atoms with van der Waals surface area (Å²) < 4.78 is 25.1. The fourth-order valence-corrected chi connectivity index (χ4v) is 3.64. The average Bonchev–Trinajstić information content (AvgIpc) is 3.39. The summed E-state index contributed by atoms with van der Waals surface area (Å²) in [6, 6.07) is 14.4. The zero-order valence-electron chi connectivity index (χ0n) is 13.7. The van der Waals surface area contributed by atoms with Crippen molar-refractivity contribution >= 4 is 26.7 Å². The molecule has 0 aromatic heterocycles. The minimum Gasteiger partial charge on any atom is -0.355 e. The van der Waals surface area contributed by atoms with Crippen molar-refractivity contribution in [2.45, 2.75) is 19.3 Å². The van der Waals surface area contributed by atoms with Gasteiger partial charge in [0.2, 0.25) is 15.9 Å². The van der Waals surface area contributed by atoms with Crippen molar-refractivity contribution in [3.8, 4) is 0 Å². The van der Waals surface area contributed by atoms with Crippen LogP contribution >= 0.6 is 0 Å². The van der Waals surface area contributed by atoms with Crippen LogP contribution in [0.15, 0.2) is 42.5 Å². The van der Waals surface area contributed by atoms with E-state index in [2.05, 4.69) is 34.3 Å². The van der Waals surface area contributed by atoms with Crippen LogP contribution in [0.25, 0.3) is 10.8 Å². The molecule has 1 aliphatic carbocycles. The van der Waals surface area contributed by atoms with Gasteiger partial charge in [0.1, 0.15) is 0 Å². The molecule has 0 aliphatic heterocycles. The highest BCUT2D eigenvalue weighted by atomic mass is 32.2. The third kappa shape index (κ3) is 3.76. The number of rotatable bonds is 7. The third-order valence-electron chi connectivity index (χ3n) is 4.48. The largest absolute Gasteiger partial charge is 0.355 e. The molecule has 0 unspecified atom stereocenters. The Hall–Kier alpha value is -1.92. The van der Waals surface area contributed by atoms with Gasteiger partial charge >= 0.3 is 0 Å². The molecule has 2 N–H and O–H groups in total. The second-order valence-corrected chi connectivity index (χ2v) is 8.20. The maximum atomic E-state index is 12.2. The van der Waals surface area contributed by atoms with E-state index in [1.54, 1.807) is 6.92 Å². The zero-order valence-corrected chi connectivity index (χ0v) is 14.5. The molecule has 0 radical (unpaired) electrons. The van der Waals surface area contributed by atoms with Crippen molar-refractivity contribution in [2.75, 3.05) is 18.8 Å². The Morgan fingerprint density at radius 1 is 1.12 bits per heavy atom. The number of hydrogen-bond acceptors (Lipinski definition) is 3. The smallest absolute Gasteiger partial charge is 0.223 e. The first-order chi connectivity index (χ1) is 11.5. The first-order valence-corrected chi connectivity index (χ1v) is 9.90. The standard InChI is InChI=1S/C18H22N2O3S/c1-2-24(22,23)20-11-10-19-18(21)17-12-16(17)15-9-5-7-13-6-3-4-8-14(13)15/h3-9,16-17,20H,2,10-12H2,1H3,(H,19,21)/t16-,17-/m1/s1. The first kappa shape index (κ1) is 16.9. The van der Waals surface area contributed by atoms with Crippen LogP contribution in [-0.2, 0) is 14.8 Å². The lowest BCUT2D eigenvalue weighted by atomic mass is 10.00. The van der Waals surface area contributed by atoms with Crippen LogP contribution in [0.5, 0.6) is 0 Å². The SMILES string of the molecule is CCS(=O)(=O)NCCNC(=O)[C@@H]1C[C@@H]1c1cccc2ccccc12. The quantitative estimate of drug-likeness (QED) is 0.753. The normalized spacial score (nSPS) is 20.0. The summed E-state index contributed by atoms with van der Waals surface area (Å²) in [5, 5.41) is 5.22. The molecule has 5 nitrogen and oxygen atoms in total. The molecule has 0 bridgehead atoms. The van der Waals surface area contributed by atoms with E-state index < -0.39 is 10.0 Å². The van der Waals surface area contributed by atoms with Crippen LogP contribution in [0.3, 0.4) is 0 Å². The molecule has 6 heteroatoms. The van der Waals surface area contributed by atoms with Gasteiger partial charge in [-0.1, -0.05) is 42.5 Å². The summed E-state index contributed by atoms with van der Waals surface area (Å²) in [6.07, 6.45) is 0.848. The predicted molar refractivity (Wildman–Crippen MR) is 95.3 cm³/mol. The maximum absolute atomic E-state index is 12.2. The molecule has 0 spiro atoms. The van der Waals surface area contributed by atoms with E-state index in [9.17, 15) is 13.2 Å². The summed E-state index contributed by atoms with van der Waals surface area (Å²) in [6.45, 7) is 2.13. The van der Waals surface area contributed by atoms with Crippen molar-refractivity contribution in [2.24, 2.45) is 5.92 Å². The molecule has 128 valence electrons. The van der Waals surface area contributed by atoms with Gasteiger partial charge in [-0.3, -0.25) is 4.79 Å². The number of carbonyl (C=O) groups excluding carboxylic acids is 1. The number of amides is 1. The van der Waals surface area contributed by atoms with Crippen LogP contribution in [0.1, 0.15) is 24.8 Å².